The highest BCUT2D eigenvalue weighted by Crippen LogP contribution is 2.19. The largest absolute Gasteiger partial charge is 0.481 e. The Morgan fingerprint density at radius 2 is 2.11 bits per heavy atom. The van der Waals surface area contributed by atoms with E-state index in [9.17, 15) is 14.0 Å². The van der Waals surface area contributed by atoms with Crippen molar-refractivity contribution in [2.24, 2.45) is 5.92 Å². The van der Waals surface area contributed by atoms with Crippen LogP contribution in [0, 0.1) is 11.7 Å². The lowest BCUT2D eigenvalue weighted by Gasteiger charge is -2.12. The van der Waals surface area contributed by atoms with Gasteiger partial charge in [-0.05, 0) is 24.6 Å². The second kappa shape index (κ2) is 5.09. The Labute approximate surface area is 108 Å². The van der Waals surface area contributed by atoms with Crippen molar-refractivity contribution in [3.05, 3.63) is 41.7 Å². The highest BCUT2D eigenvalue weighted by molar-refractivity contribution is 5.95. The number of nitrogens with one attached hydrogen (secondary N) is 1. The molecule has 1 aliphatic carbocycles. The molecule has 6 heteroatoms. The summed E-state index contributed by atoms with van der Waals surface area (Å²) in [5, 5.41) is 11.4. The summed E-state index contributed by atoms with van der Waals surface area (Å²) in [5.74, 6) is -2.83. The number of carbonyl (C=O) groups excluding carboxylic acids is 1. The molecule has 100 valence electrons. The maximum atomic E-state index is 13.5. The minimum absolute atomic E-state index is 0.110. The quantitative estimate of drug-likeness (QED) is 0.564. The summed E-state index contributed by atoms with van der Waals surface area (Å²) >= 11 is 0. The summed E-state index contributed by atoms with van der Waals surface area (Å²) < 4.78 is 13.5. The molecular weight excluding hydrogens is 251 g/mol. The predicted molar refractivity (Wildman–Crippen MR) is 66.9 cm³/mol. The molecule has 2 atom stereocenters. The zero-order chi connectivity index (χ0) is 14.0. The van der Waals surface area contributed by atoms with E-state index in [-0.39, 0.29) is 17.7 Å². The summed E-state index contributed by atoms with van der Waals surface area (Å²) in [7, 11) is 0. The molecular formula is C13H13FN2O3. The molecule has 0 saturated heterocycles. The molecule has 0 saturated carbocycles. The molecule has 5 nitrogen and oxygen atoms in total. The number of rotatable bonds is 3. The van der Waals surface area contributed by atoms with E-state index in [2.05, 4.69) is 5.32 Å². The van der Waals surface area contributed by atoms with E-state index in [0.717, 1.165) is 6.07 Å². The molecule has 0 fully saturated rings. The number of benzene rings is 1. The van der Waals surface area contributed by atoms with Gasteiger partial charge in [0.2, 0.25) is 0 Å². The Bertz CT molecular complexity index is 557. The van der Waals surface area contributed by atoms with Gasteiger partial charge >= 0.3 is 5.97 Å². The number of carbonyl (C=O) groups is 2. The Hall–Kier alpha value is -2.37. The van der Waals surface area contributed by atoms with Crippen molar-refractivity contribution in [1.82, 2.24) is 5.32 Å². The summed E-state index contributed by atoms with van der Waals surface area (Å²) in [4.78, 5) is 22.6. The van der Waals surface area contributed by atoms with Crippen LogP contribution in [0.2, 0.25) is 0 Å². The molecule has 19 heavy (non-hydrogen) atoms. The van der Waals surface area contributed by atoms with Crippen LogP contribution in [0.5, 0.6) is 0 Å². The average molecular weight is 264 g/mol. The fraction of sp³-hybridized carbons (Fsp3) is 0.231. The fourth-order valence-corrected chi connectivity index (χ4v) is 1.95. The molecule has 0 aliphatic heterocycles. The smallest absolute Gasteiger partial charge is 0.310 e. The third-order valence-electron chi connectivity index (χ3n) is 2.96. The second-order valence-corrected chi connectivity index (χ2v) is 4.38. The number of nitrogens with two attached hydrogens (primary N) is 1. The van der Waals surface area contributed by atoms with E-state index >= 15 is 0 Å². The van der Waals surface area contributed by atoms with E-state index in [4.69, 9.17) is 10.8 Å². The number of carboxylic acid groups (broad SMARTS) is 1. The molecule has 2 rings (SSSR count). The van der Waals surface area contributed by atoms with Crippen molar-refractivity contribution in [3.63, 3.8) is 0 Å². The lowest BCUT2D eigenvalue weighted by Crippen LogP contribution is -2.33. The van der Waals surface area contributed by atoms with Gasteiger partial charge in [-0.3, -0.25) is 9.59 Å². The monoisotopic (exact) mass is 264 g/mol. The molecule has 0 spiro atoms. The van der Waals surface area contributed by atoms with Crippen molar-refractivity contribution in [3.8, 4) is 0 Å². The van der Waals surface area contributed by atoms with E-state index in [1.165, 1.54) is 18.2 Å². The number of amides is 1. The summed E-state index contributed by atoms with van der Waals surface area (Å²) in [6.45, 7) is 0. The van der Waals surface area contributed by atoms with Gasteiger partial charge in [0, 0.05) is 11.7 Å². The number of carboxylic acids is 1. The maximum Gasteiger partial charge on any atom is 0.310 e. The van der Waals surface area contributed by atoms with E-state index in [0.29, 0.717) is 0 Å². The average Bonchev–Trinajstić information content (AvgIpc) is 2.77. The lowest BCUT2D eigenvalue weighted by molar-refractivity contribution is -0.140. The summed E-state index contributed by atoms with van der Waals surface area (Å²) in [6.07, 6.45) is 3.40. The van der Waals surface area contributed by atoms with Gasteiger partial charge in [0.25, 0.3) is 5.91 Å². The van der Waals surface area contributed by atoms with Crippen molar-refractivity contribution < 1.29 is 19.1 Å². The zero-order valence-electron chi connectivity index (χ0n) is 9.97. The number of anilines is 1. The Morgan fingerprint density at radius 1 is 1.37 bits per heavy atom. The molecule has 0 bridgehead atoms. The molecule has 0 heterocycles. The van der Waals surface area contributed by atoms with E-state index in [1.807, 2.05) is 0 Å². The highest BCUT2D eigenvalue weighted by atomic mass is 19.1. The van der Waals surface area contributed by atoms with Crippen molar-refractivity contribution >= 4 is 17.6 Å². The lowest BCUT2D eigenvalue weighted by atomic mass is 10.1. The van der Waals surface area contributed by atoms with Crippen LogP contribution in [0.3, 0.4) is 0 Å². The standard InChI is InChI=1S/C13H13FN2O3/c14-11-6-8(15)2-4-10(11)12(17)16-9-3-1-7(5-9)13(18)19/h1-4,6-7,9H,5,15H2,(H,16,17)(H,18,19). The third kappa shape index (κ3) is 2.90. The van der Waals surface area contributed by atoms with Crippen molar-refractivity contribution in [2.75, 3.05) is 5.73 Å². The molecule has 0 aromatic heterocycles. The minimum Gasteiger partial charge on any atom is -0.481 e. The molecule has 1 aliphatic rings. The van der Waals surface area contributed by atoms with Crippen LogP contribution in [0.15, 0.2) is 30.4 Å². The van der Waals surface area contributed by atoms with Crippen LogP contribution in [0.4, 0.5) is 10.1 Å². The SMILES string of the molecule is Nc1ccc(C(=O)NC2C=CC(C(=O)O)C2)c(F)c1. The first-order valence-corrected chi connectivity index (χ1v) is 5.74. The highest BCUT2D eigenvalue weighted by Gasteiger charge is 2.26. The van der Waals surface area contributed by atoms with Gasteiger partial charge in [0.1, 0.15) is 5.82 Å². The van der Waals surface area contributed by atoms with Crippen molar-refractivity contribution in [1.29, 1.82) is 0 Å². The first-order valence-electron chi connectivity index (χ1n) is 5.74. The van der Waals surface area contributed by atoms with Gasteiger partial charge < -0.3 is 16.2 Å². The van der Waals surface area contributed by atoms with Crippen LogP contribution in [0.25, 0.3) is 0 Å². The molecule has 4 N–H and O–H groups in total. The van der Waals surface area contributed by atoms with Crippen LogP contribution in [-0.4, -0.2) is 23.0 Å². The maximum absolute atomic E-state index is 13.5. The number of halogens is 1. The van der Waals surface area contributed by atoms with Gasteiger partial charge in [-0.2, -0.15) is 0 Å². The summed E-state index contributed by atoms with van der Waals surface area (Å²) in [5.41, 5.74) is 5.52. The molecule has 1 aromatic rings. The fourth-order valence-electron chi connectivity index (χ4n) is 1.95. The first-order chi connectivity index (χ1) is 8.97. The summed E-state index contributed by atoms with van der Waals surface area (Å²) in [6, 6.07) is 3.40. The van der Waals surface area contributed by atoms with E-state index < -0.39 is 29.7 Å². The Kier molecular flexibility index (Phi) is 3.50. The third-order valence-corrected chi connectivity index (χ3v) is 2.96. The first kappa shape index (κ1) is 13.1. The molecule has 0 radical (unpaired) electrons. The molecule has 1 amide bonds. The Morgan fingerprint density at radius 3 is 2.68 bits per heavy atom. The predicted octanol–water partition coefficient (Wildman–Crippen LogP) is 1.17. The molecule has 2 unspecified atom stereocenters. The van der Waals surface area contributed by atoms with Crippen LogP contribution >= 0.6 is 0 Å². The minimum atomic E-state index is -0.938. The zero-order valence-corrected chi connectivity index (χ0v) is 9.97. The van der Waals surface area contributed by atoms with Gasteiger partial charge in [-0.15, -0.1) is 0 Å². The van der Waals surface area contributed by atoms with Gasteiger partial charge in [0.05, 0.1) is 11.5 Å². The van der Waals surface area contributed by atoms with Gasteiger partial charge in [0.15, 0.2) is 0 Å². The van der Waals surface area contributed by atoms with Crippen LogP contribution in [-0.2, 0) is 4.79 Å². The number of hydrogen-bond acceptors (Lipinski definition) is 3. The van der Waals surface area contributed by atoms with Crippen molar-refractivity contribution in [2.45, 2.75) is 12.5 Å². The second-order valence-electron chi connectivity index (χ2n) is 4.38. The van der Waals surface area contributed by atoms with Crippen LogP contribution in [0.1, 0.15) is 16.8 Å². The number of aliphatic carboxylic acids is 1. The van der Waals surface area contributed by atoms with Gasteiger partial charge in [-0.1, -0.05) is 12.2 Å². The normalized spacial score (nSPS) is 21.3. The van der Waals surface area contributed by atoms with Crippen LogP contribution < -0.4 is 11.1 Å². The Balaban J connectivity index is 2.03. The molecule has 1 aromatic carbocycles. The number of hydrogen-bond donors (Lipinski definition) is 3. The van der Waals surface area contributed by atoms with E-state index in [1.54, 1.807) is 6.08 Å². The number of nitrogen functional groups attached to an aromatic ring is 1. The van der Waals surface area contributed by atoms with Gasteiger partial charge in [-0.25, -0.2) is 4.39 Å². The topological polar surface area (TPSA) is 92.4 Å².